The number of hydrogen-bond acceptors (Lipinski definition) is 4. The summed E-state index contributed by atoms with van der Waals surface area (Å²) in [5, 5.41) is 2.95. The van der Waals surface area contributed by atoms with Crippen LogP contribution in [0.2, 0.25) is 0 Å². The quantitative estimate of drug-likeness (QED) is 0.749. The fourth-order valence-electron chi connectivity index (χ4n) is 2.69. The molecule has 0 aliphatic rings. The molecule has 1 amide bonds. The van der Waals surface area contributed by atoms with Gasteiger partial charge in [-0.05, 0) is 43.9 Å². The number of nitrogens with zero attached hydrogens (tertiary/aromatic N) is 3. The number of hydrogen-bond donors (Lipinski definition) is 1. The Morgan fingerprint density at radius 2 is 1.96 bits per heavy atom. The number of pyridine rings is 1. The van der Waals surface area contributed by atoms with Crippen LogP contribution in [-0.2, 0) is 13.1 Å². The van der Waals surface area contributed by atoms with Crippen LogP contribution in [0.4, 0.5) is 0 Å². The fraction of sp³-hybridized carbons (Fsp3) is 0.263. The maximum absolute atomic E-state index is 12.7. The van der Waals surface area contributed by atoms with Gasteiger partial charge < -0.3 is 19.4 Å². The zero-order valence-corrected chi connectivity index (χ0v) is 14.7. The average Bonchev–Trinajstić information content (AvgIpc) is 2.98. The maximum Gasteiger partial charge on any atom is 0.272 e. The largest absolute Gasteiger partial charge is 0.497 e. The lowest BCUT2D eigenvalue weighted by atomic mass is 10.2. The van der Waals surface area contributed by atoms with Gasteiger partial charge in [-0.1, -0.05) is 18.2 Å². The molecule has 0 fully saturated rings. The third-order valence-corrected chi connectivity index (χ3v) is 3.92. The first kappa shape index (κ1) is 17.0. The molecule has 6 heteroatoms. The number of amides is 1. The van der Waals surface area contributed by atoms with Gasteiger partial charge in [-0.15, -0.1) is 0 Å². The highest BCUT2D eigenvalue weighted by Crippen LogP contribution is 2.15. The molecule has 6 nitrogen and oxygen atoms in total. The fourth-order valence-corrected chi connectivity index (χ4v) is 2.69. The average molecular weight is 338 g/mol. The summed E-state index contributed by atoms with van der Waals surface area (Å²) in [7, 11) is 5.58. The minimum Gasteiger partial charge on any atom is -0.497 e. The van der Waals surface area contributed by atoms with E-state index in [1.54, 1.807) is 7.11 Å². The Kier molecular flexibility index (Phi) is 5.00. The van der Waals surface area contributed by atoms with Crippen LogP contribution in [0.3, 0.4) is 0 Å². The summed E-state index contributed by atoms with van der Waals surface area (Å²) < 4.78 is 7.11. The Bertz CT molecular complexity index is 869. The molecule has 0 saturated heterocycles. The summed E-state index contributed by atoms with van der Waals surface area (Å²) in [6.45, 7) is 1.08. The molecule has 0 atom stereocenters. The van der Waals surface area contributed by atoms with Gasteiger partial charge in [-0.2, -0.15) is 0 Å². The molecule has 0 aliphatic heterocycles. The van der Waals surface area contributed by atoms with Crippen LogP contribution in [-0.4, -0.2) is 41.4 Å². The van der Waals surface area contributed by atoms with Crippen molar-refractivity contribution in [3.05, 3.63) is 65.6 Å². The predicted molar refractivity (Wildman–Crippen MR) is 96.7 cm³/mol. The summed E-state index contributed by atoms with van der Waals surface area (Å²) >= 11 is 0. The lowest BCUT2D eigenvalue weighted by Crippen LogP contribution is -2.25. The second-order valence-electron chi connectivity index (χ2n) is 6.10. The van der Waals surface area contributed by atoms with Gasteiger partial charge in [0.1, 0.15) is 11.4 Å². The Morgan fingerprint density at radius 3 is 2.64 bits per heavy atom. The van der Waals surface area contributed by atoms with Gasteiger partial charge in [0.15, 0.2) is 5.69 Å². The lowest BCUT2D eigenvalue weighted by Gasteiger charge is -2.11. The Balaban J connectivity index is 1.80. The number of fused-ring (bicyclic) bond motifs is 1. The number of rotatable bonds is 6. The molecule has 0 saturated carbocycles. The van der Waals surface area contributed by atoms with Gasteiger partial charge in [-0.3, -0.25) is 4.79 Å². The normalized spacial score (nSPS) is 11.0. The number of nitrogens with one attached hydrogen (secondary N) is 1. The van der Waals surface area contributed by atoms with Gasteiger partial charge in [0.05, 0.1) is 12.8 Å². The predicted octanol–water partition coefficient (Wildman–Crippen LogP) is 2.33. The van der Waals surface area contributed by atoms with Gasteiger partial charge in [0.25, 0.3) is 5.91 Å². The number of aromatic nitrogens is 2. The van der Waals surface area contributed by atoms with Gasteiger partial charge >= 0.3 is 0 Å². The second-order valence-corrected chi connectivity index (χ2v) is 6.10. The molecule has 0 spiro atoms. The third-order valence-electron chi connectivity index (χ3n) is 3.92. The van der Waals surface area contributed by atoms with Crippen LogP contribution < -0.4 is 10.1 Å². The van der Waals surface area contributed by atoms with Crippen molar-refractivity contribution in [2.24, 2.45) is 0 Å². The summed E-state index contributed by atoms with van der Waals surface area (Å²) in [5.41, 5.74) is 3.13. The SMILES string of the molecule is COc1ccc(CNC(=O)c2nc3ccccn3c2CN(C)C)cc1. The van der Waals surface area contributed by atoms with Crippen molar-refractivity contribution < 1.29 is 9.53 Å². The summed E-state index contributed by atoms with van der Waals surface area (Å²) in [6, 6.07) is 13.4. The summed E-state index contributed by atoms with van der Waals surface area (Å²) in [6.07, 6.45) is 1.93. The van der Waals surface area contributed by atoms with Gasteiger partial charge in [0.2, 0.25) is 0 Å². The van der Waals surface area contributed by atoms with Gasteiger partial charge in [0, 0.05) is 19.3 Å². The molecule has 0 aliphatic carbocycles. The molecule has 1 aromatic carbocycles. The zero-order chi connectivity index (χ0) is 17.8. The van der Waals surface area contributed by atoms with E-state index in [1.807, 2.05) is 72.1 Å². The monoisotopic (exact) mass is 338 g/mol. The third kappa shape index (κ3) is 3.80. The highest BCUT2D eigenvalue weighted by Gasteiger charge is 2.19. The van der Waals surface area contributed by atoms with Crippen molar-refractivity contribution in [3.8, 4) is 5.75 Å². The van der Waals surface area contributed by atoms with E-state index in [1.165, 1.54) is 0 Å². The molecule has 0 bridgehead atoms. The Labute approximate surface area is 147 Å². The highest BCUT2D eigenvalue weighted by molar-refractivity contribution is 5.94. The number of benzene rings is 1. The first-order chi connectivity index (χ1) is 12.1. The minimum absolute atomic E-state index is 0.170. The molecule has 130 valence electrons. The van der Waals surface area contributed by atoms with E-state index in [0.717, 1.165) is 22.7 Å². The molecule has 2 heterocycles. The van der Waals surface area contributed by atoms with Crippen molar-refractivity contribution in [3.63, 3.8) is 0 Å². The van der Waals surface area contributed by atoms with E-state index in [9.17, 15) is 4.79 Å². The molecular formula is C19H22N4O2. The molecule has 1 N–H and O–H groups in total. The van der Waals surface area contributed by atoms with Crippen LogP contribution in [0.25, 0.3) is 5.65 Å². The number of imidazole rings is 1. The van der Waals surface area contributed by atoms with E-state index >= 15 is 0 Å². The van der Waals surface area contributed by atoms with Crippen LogP contribution in [0.15, 0.2) is 48.7 Å². The first-order valence-corrected chi connectivity index (χ1v) is 8.10. The first-order valence-electron chi connectivity index (χ1n) is 8.10. The van der Waals surface area contributed by atoms with Gasteiger partial charge in [-0.25, -0.2) is 4.98 Å². The summed E-state index contributed by atoms with van der Waals surface area (Å²) in [4.78, 5) is 19.2. The van der Waals surface area contributed by atoms with Crippen molar-refractivity contribution in [2.75, 3.05) is 21.2 Å². The lowest BCUT2D eigenvalue weighted by molar-refractivity contribution is 0.0944. The van der Waals surface area contributed by atoms with Crippen LogP contribution in [0, 0.1) is 0 Å². The minimum atomic E-state index is -0.170. The topological polar surface area (TPSA) is 58.9 Å². The Hall–Kier alpha value is -2.86. The second kappa shape index (κ2) is 7.36. The van der Waals surface area contributed by atoms with Crippen LogP contribution in [0.5, 0.6) is 5.75 Å². The molecule has 3 rings (SSSR count). The highest BCUT2D eigenvalue weighted by atomic mass is 16.5. The molecule has 3 aromatic rings. The molecular weight excluding hydrogens is 316 g/mol. The molecule has 0 radical (unpaired) electrons. The summed E-state index contributed by atoms with van der Waals surface area (Å²) in [5.74, 6) is 0.625. The Morgan fingerprint density at radius 1 is 1.20 bits per heavy atom. The maximum atomic E-state index is 12.7. The van der Waals surface area contributed by atoms with Crippen molar-refractivity contribution in [1.82, 2.24) is 19.6 Å². The van der Waals surface area contributed by atoms with Crippen LogP contribution >= 0.6 is 0 Å². The van der Waals surface area contributed by atoms with E-state index < -0.39 is 0 Å². The van der Waals surface area contributed by atoms with Crippen molar-refractivity contribution >= 4 is 11.6 Å². The van der Waals surface area contributed by atoms with Crippen molar-refractivity contribution in [2.45, 2.75) is 13.1 Å². The smallest absolute Gasteiger partial charge is 0.272 e. The van der Waals surface area contributed by atoms with Crippen LogP contribution in [0.1, 0.15) is 21.7 Å². The molecule has 0 unspecified atom stereocenters. The zero-order valence-electron chi connectivity index (χ0n) is 14.7. The van der Waals surface area contributed by atoms with E-state index in [2.05, 4.69) is 10.3 Å². The molecule has 25 heavy (non-hydrogen) atoms. The molecule has 2 aromatic heterocycles. The number of carbonyl (C=O) groups is 1. The van der Waals surface area contributed by atoms with E-state index in [-0.39, 0.29) is 5.91 Å². The van der Waals surface area contributed by atoms with E-state index in [0.29, 0.717) is 18.8 Å². The number of carbonyl (C=O) groups excluding carboxylic acids is 1. The number of methoxy groups -OCH3 is 1. The van der Waals surface area contributed by atoms with E-state index in [4.69, 9.17) is 4.74 Å². The number of ether oxygens (including phenoxy) is 1. The van der Waals surface area contributed by atoms with Crippen molar-refractivity contribution in [1.29, 1.82) is 0 Å². The standard InChI is InChI=1S/C19H22N4O2/c1-22(2)13-16-18(21-17-6-4-5-11-23(16)17)19(24)20-12-14-7-9-15(25-3)10-8-14/h4-11H,12-13H2,1-3H3,(H,20,24).